The number of hydrogen-bond acceptors (Lipinski definition) is 2. The summed E-state index contributed by atoms with van der Waals surface area (Å²) in [6.07, 6.45) is 13.9. The van der Waals surface area contributed by atoms with E-state index in [4.69, 9.17) is 0 Å². The zero-order valence-corrected chi connectivity index (χ0v) is 15.0. The van der Waals surface area contributed by atoms with Gasteiger partial charge in [0.25, 0.3) is 0 Å². The Balaban J connectivity index is 1.88. The fraction of sp³-hybridized carbons (Fsp3) is 0.619. The van der Waals surface area contributed by atoms with Crippen molar-refractivity contribution in [2.24, 2.45) is 5.92 Å². The molecule has 0 saturated heterocycles. The molecule has 0 radical (unpaired) electrons. The molecule has 3 rings (SSSR count). The van der Waals surface area contributed by atoms with Crippen LogP contribution in [0.25, 0.3) is 0 Å². The van der Waals surface area contributed by atoms with Crippen LogP contribution < -0.4 is 0 Å². The van der Waals surface area contributed by atoms with Gasteiger partial charge in [-0.15, -0.1) is 6.58 Å². The van der Waals surface area contributed by atoms with Crippen LogP contribution in [-0.2, 0) is 0 Å². The van der Waals surface area contributed by atoms with Crippen LogP contribution in [0.5, 0.6) is 11.8 Å². The third-order valence-electron chi connectivity index (χ3n) is 6.01. The summed E-state index contributed by atoms with van der Waals surface area (Å²) in [6, 6.07) is 0.0920. The second-order valence-corrected chi connectivity index (χ2v) is 7.51. The molecule has 2 aliphatic carbocycles. The maximum absolute atomic E-state index is 10.8. The molecule has 0 aliphatic heterocycles. The van der Waals surface area contributed by atoms with E-state index in [-0.39, 0.29) is 29.6 Å². The van der Waals surface area contributed by atoms with Gasteiger partial charge in [0.05, 0.1) is 0 Å². The largest absolute Gasteiger partial charge is 0.494 e. The van der Waals surface area contributed by atoms with Crippen molar-refractivity contribution in [3.63, 3.8) is 0 Å². The Hall–Kier alpha value is -1.64. The number of allylic oxidation sites excluding steroid dienone is 3. The molecule has 3 nitrogen and oxygen atoms in total. The van der Waals surface area contributed by atoms with Crippen LogP contribution in [0.15, 0.2) is 24.8 Å². The van der Waals surface area contributed by atoms with E-state index in [1.807, 2.05) is 6.08 Å². The van der Waals surface area contributed by atoms with Gasteiger partial charge in [0.1, 0.15) is 0 Å². The molecular weight excluding hydrogens is 298 g/mol. The van der Waals surface area contributed by atoms with Crippen molar-refractivity contribution in [2.45, 2.75) is 76.7 Å². The van der Waals surface area contributed by atoms with Gasteiger partial charge in [0.2, 0.25) is 0 Å². The standard InChI is InChI=1S/C21H31NO2/c1-4-7-9-14(6-3)12-17(8-5-2)22-20(23)18-15-10-11-16(13-15)19(18)21(22)24/h5,10-11,14-17,23-24H,2,4,6-9,12-13H2,1,3H3. The second-order valence-electron chi connectivity index (χ2n) is 7.51. The Labute approximate surface area is 145 Å². The van der Waals surface area contributed by atoms with Crippen LogP contribution in [0.2, 0.25) is 0 Å². The van der Waals surface area contributed by atoms with Gasteiger partial charge in [-0.2, -0.15) is 0 Å². The Kier molecular flexibility index (Phi) is 5.07. The van der Waals surface area contributed by atoms with Crippen molar-refractivity contribution in [1.29, 1.82) is 0 Å². The number of unbranched alkanes of at least 4 members (excludes halogenated alkanes) is 1. The molecule has 2 bridgehead atoms. The highest BCUT2D eigenvalue weighted by Gasteiger charge is 2.42. The predicted molar refractivity (Wildman–Crippen MR) is 98.8 cm³/mol. The van der Waals surface area contributed by atoms with E-state index in [0.29, 0.717) is 5.92 Å². The van der Waals surface area contributed by atoms with Crippen molar-refractivity contribution >= 4 is 0 Å². The van der Waals surface area contributed by atoms with Gasteiger partial charge in [-0.3, -0.25) is 4.57 Å². The molecule has 132 valence electrons. The van der Waals surface area contributed by atoms with Crippen LogP contribution in [-0.4, -0.2) is 14.8 Å². The summed E-state index contributed by atoms with van der Waals surface area (Å²) in [5.74, 6) is 1.76. The number of nitrogens with zero attached hydrogens (tertiary/aromatic N) is 1. The third-order valence-corrected chi connectivity index (χ3v) is 6.01. The number of fused-ring (bicyclic) bond motifs is 5. The normalized spacial score (nSPS) is 23.4. The Morgan fingerprint density at radius 2 is 1.83 bits per heavy atom. The Morgan fingerprint density at radius 3 is 2.33 bits per heavy atom. The van der Waals surface area contributed by atoms with Crippen molar-refractivity contribution in [3.8, 4) is 11.8 Å². The highest BCUT2D eigenvalue weighted by molar-refractivity contribution is 5.59. The third kappa shape index (κ3) is 2.78. The lowest BCUT2D eigenvalue weighted by molar-refractivity contribution is 0.279. The van der Waals surface area contributed by atoms with E-state index in [9.17, 15) is 10.2 Å². The number of rotatable bonds is 9. The molecule has 2 aliphatic rings. The van der Waals surface area contributed by atoms with Gasteiger partial charge in [-0.05, 0) is 25.2 Å². The van der Waals surface area contributed by atoms with E-state index in [0.717, 1.165) is 36.8 Å². The maximum Gasteiger partial charge on any atom is 0.198 e. The molecule has 3 heteroatoms. The highest BCUT2D eigenvalue weighted by Crippen LogP contribution is 2.57. The summed E-state index contributed by atoms with van der Waals surface area (Å²) in [5, 5.41) is 21.7. The van der Waals surface area contributed by atoms with Gasteiger partial charge in [-0.1, -0.05) is 57.8 Å². The Bertz CT molecular complexity index is 593. The van der Waals surface area contributed by atoms with Gasteiger partial charge in [-0.25, -0.2) is 0 Å². The smallest absolute Gasteiger partial charge is 0.198 e. The summed E-state index contributed by atoms with van der Waals surface area (Å²) in [6.45, 7) is 8.37. The molecule has 0 spiro atoms. The molecule has 0 saturated carbocycles. The molecule has 0 aromatic carbocycles. The first-order valence-electron chi connectivity index (χ1n) is 9.57. The molecule has 1 aromatic heterocycles. The van der Waals surface area contributed by atoms with E-state index < -0.39 is 0 Å². The summed E-state index contributed by atoms with van der Waals surface area (Å²) < 4.78 is 1.80. The number of hydrogen-bond donors (Lipinski definition) is 2. The lowest BCUT2D eigenvalue weighted by Crippen LogP contribution is -2.14. The summed E-state index contributed by atoms with van der Waals surface area (Å²) in [4.78, 5) is 0. The quantitative estimate of drug-likeness (QED) is 0.565. The predicted octanol–water partition coefficient (Wildman–Crippen LogP) is 5.76. The average molecular weight is 329 g/mol. The average Bonchev–Trinajstić information content (AvgIpc) is 3.25. The van der Waals surface area contributed by atoms with Gasteiger partial charge in [0.15, 0.2) is 11.8 Å². The van der Waals surface area contributed by atoms with Gasteiger partial charge in [0, 0.05) is 29.0 Å². The van der Waals surface area contributed by atoms with E-state index in [2.05, 4.69) is 32.6 Å². The van der Waals surface area contributed by atoms with Crippen LogP contribution in [0.3, 0.4) is 0 Å². The molecule has 24 heavy (non-hydrogen) atoms. The topological polar surface area (TPSA) is 45.4 Å². The second kappa shape index (κ2) is 7.08. The molecule has 0 amide bonds. The Morgan fingerprint density at radius 1 is 1.21 bits per heavy atom. The minimum atomic E-state index is 0.0920. The first kappa shape index (κ1) is 17.2. The lowest BCUT2D eigenvalue weighted by Gasteiger charge is -2.25. The molecule has 2 N–H and O–H groups in total. The first-order chi connectivity index (χ1) is 11.6. The van der Waals surface area contributed by atoms with Crippen molar-refractivity contribution in [3.05, 3.63) is 35.9 Å². The molecule has 4 unspecified atom stereocenters. The monoisotopic (exact) mass is 329 g/mol. The molecule has 0 fully saturated rings. The van der Waals surface area contributed by atoms with E-state index >= 15 is 0 Å². The van der Waals surface area contributed by atoms with Crippen LogP contribution >= 0.6 is 0 Å². The summed E-state index contributed by atoms with van der Waals surface area (Å²) in [5.41, 5.74) is 1.94. The van der Waals surface area contributed by atoms with Crippen LogP contribution in [0, 0.1) is 5.92 Å². The molecular formula is C21H31NO2. The highest BCUT2D eigenvalue weighted by atomic mass is 16.3. The fourth-order valence-corrected chi connectivity index (χ4v) is 4.67. The zero-order chi connectivity index (χ0) is 17.3. The van der Waals surface area contributed by atoms with Crippen LogP contribution in [0.4, 0.5) is 0 Å². The fourth-order valence-electron chi connectivity index (χ4n) is 4.67. The summed E-state index contributed by atoms with van der Waals surface area (Å²) >= 11 is 0. The minimum absolute atomic E-state index is 0.0920. The van der Waals surface area contributed by atoms with Crippen molar-refractivity contribution in [1.82, 2.24) is 4.57 Å². The van der Waals surface area contributed by atoms with Crippen LogP contribution in [0.1, 0.15) is 87.8 Å². The lowest BCUT2D eigenvalue weighted by atomic mass is 9.90. The van der Waals surface area contributed by atoms with Crippen molar-refractivity contribution < 1.29 is 10.2 Å². The number of aromatic nitrogens is 1. The number of aromatic hydroxyl groups is 2. The maximum atomic E-state index is 10.8. The van der Waals surface area contributed by atoms with E-state index in [1.54, 1.807) is 4.57 Å². The molecule has 4 atom stereocenters. The van der Waals surface area contributed by atoms with Gasteiger partial charge >= 0.3 is 0 Å². The van der Waals surface area contributed by atoms with Gasteiger partial charge < -0.3 is 10.2 Å². The SMILES string of the molecule is C=CCC(CC(CC)CCCC)n1c(O)c2c(c1O)C1C=CC2C1. The summed E-state index contributed by atoms with van der Waals surface area (Å²) in [7, 11) is 0. The van der Waals surface area contributed by atoms with E-state index in [1.165, 1.54) is 19.3 Å². The molecule has 1 heterocycles. The molecule has 1 aromatic rings. The zero-order valence-electron chi connectivity index (χ0n) is 15.0. The minimum Gasteiger partial charge on any atom is -0.494 e. The van der Waals surface area contributed by atoms with Crippen molar-refractivity contribution in [2.75, 3.05) is 0 Å². The first-order valence-corrected chi connectivity index (χ1v) is 9.57.